The minimum atomic E-state index is 0.564. The number of nitrogens with zero attached hydrogens (tertiary/aromatic N) is 3. The monoisotopic (exact) mass is 269 g/mol. The average Bonchev–Trinajstić information content (AvgIpc) is 3.10. The molecule has 0 aliphatic heterocycles. The van der Waals surface area contributed by atoms with Crippen molar-refractivity contribution in [3.8, 4) is 17.3 Å². The third-order valence-corrected chi connectivity index (χ3v) is 2.93. The summed E-state index contributed by atoms with van der Waals surface area (Å²) in [5, 5.41) is 4.34. The van der Waals surface area contributed by atoms with E-state index in [9.17, 15) is 0 Å². The lowest BCUT2D eigenvalue weighted by Gasteiger charge is -2.04. The maximum Gasteiger partial charge on any atom is 0.217 e. The maximum atomic E-state index is 5.66. The Morgan fingerprint density at radius 2 is 2.00 bits per heavy atom. The SMILES string of the molecule is Cn1nc(-c2ccco2)nc1CCOc1ccccc1. The molecule has 0 fully saturated rings. The number of ether oxygens (including phenoxy) is 1. The number of furan rings is 1. The Labute approximate surface area is 116 Å². The van der Waals surface area contributed by atoms with Gasteiger partial charge in [-0.3, -0.25) is 4.68 Å². The zero-order valence-corrected chi connectivity index (χ0v) is 11.2. The van der Waals surface area contributed by atoms with Crippen molar-refractivity contribution < 1.29 is 9.15 Å². The fourth-order valence-corrected chi connectivity index (χ4v) is 1.92. The summed E-state index contributed by atoms with van der Waals surface area (Å²) in [6, 6.07) is 13.4. The number of hydrogen-bond acceptors (Lipinski definition) is 4. The summed E-state index contributed by atoms with van der Waals surface area (Å²) in [6.45, 7) is 0.564. The highest BCUT2D eigenvalue weighted by Gasteiger charge is 2.11. The summed E-state index contributed by atoms with van der Waals surface area (Å²) in [6.07, 6.45) is 2.31. The number of aromatic nitrogens is 3. The van der Waals surface area contributed by atoms with E-state index >= 15 is 0 Å². The van der Waals surface area contributed by atoms with Crippen LogP contribution in [0.3, 0.4) is 0 Å². The molecule has 5 nitrogen and oxygen atoms in total. The molecule has 5 heteroatoms. The number of benzene rings is 1. The van der Waals surface area contributed by atoms with Crippen molar-refractivity contribution in [2.75, 3.05) is 6.61 Å². The average molecular weight is 269 g/mol. The van der Waals surface area contributed by atoms with Crippen LogP contribution in [0.4, 0.5) is 0 Å². The van der Waals surface area contributed by atoms with Crippen LogP contribution in [0.1, 0.15) is 5.82 Å². The minimum absolute atomic E-state index is 0.564. The van der Waals surface area contributed by atoms with E-state index in [0.29, 0.717) is 24.6 Å². The Balaban J connectivity index is 1.63. The molecule has 102 valence electrons. The molecule has 0 aliphatic carbocycles. The van der Waals surface area contributed by atoms with Gasteiger partial charge in [0.15, 0.2) is 5.76 Å². The fourth-order valence-electron chi connectivity index (χ4n) is 1.92. The molecule has 2 heterocycles. The molecule has 0 aliphatic rings. The Morgan fingerprint density at radius 3 is 2.75 bits per heavy atom. The van der Waals surface area contributed by atoms with E-state index in [1.807, 2.05) is 49.5 Å². The zero-order chi connectivity index (χ0) is 13.8. The summed E-state index contributed by atoms with van der Waals surface area (Å²) in [5.74, 6) is 3.01. The zero-order valence-electron chi connectivity index (χ0n) is 11.2. The molecule has 0 amide bonds. The summed E-state index contributed by atoms with van der Waals surface area (Å²) in [7, 11) is 1.87. The standard InChI is InChI=1S/C15H15N3O2/c1-18-14(9-11-19-12-6-3-2-4-7-12)16-15(17-18)13-8-5-10-20-13/h2-8,10H,9,11H2,1H3. The lowest BCUT2D eigenvalue weighted by molar-refractivity contribution is 0.317. The lowest BCUT2D eigenvalue weighted by Crippen LogP contribution is -2.06. The molecule has 3 aromatic rings. The first-order chi connectivity index (χ1) is 9.83. The molecule has 20 heavy (non-hydrogen) atoms. The second-order valence-corrected chi connectivity index (χ2v) is 4.36. The van der Waals surface area contributed by atoms with Gasteiger partial charge in [-0.1, -0.05) is 18.2 Å². The smallest absolute Gasteiger partial charge is 0.217 e. The van der Waals surface area contributed by atoms with Crippen LogP contribution in [0.5, 0.6) is 5.75 Å². The van der Waals surface area contributed by atoms with Crippen molar-refractivity contribution in [3.63, 3.8) is 0 Å². The van der Waals surface area contributed by atoms with E-state index < -0.39 is 0 Å². The van der Waals surface area contributed by atoms with Gasteiger partial charge in [0.2, 0.25) is 5.82 Å². The normalized spacial score (nSPS) is 10.7. The topological polar surface area (TPSA) is 53.1 Å². The summed E-state index contributed by atoms with van der Waals surface area (Å²) >= 11 is 0. The van der Waals surface area contributed by atoms with Crippen LogP contribution in [0.15, 0.2) is 53.1 Å². The molecule has 2 aromatic heterocycles. The quantitative estimate of drug-likeness (QED) is 0.714. The summed E-state index contributed by atoms with van der Waals surface area (Å²) in [4.78, 5) is 4.46. The lowest BCUT2D eigenvalue weighted by atomic mass is 10.3. The van der Waals surface area contributed by atoms with Crippen molar-refractivity contribution in [2.45, 2.75) is 6.42 Å². The number of aryl methyl sites for hydroxylation is 1. The van der Waals surface area contributed by atoms with Gasteiger partial charge in [0, 0.05) is 13.5 Å². The van der Waals surface area contributed by atoms with E-state index in [-0.39, 0.29) is 0 Å². The Bertz CT molecular complexity index is 660. The predicted molar refractivity (Wildman–Crippen MR) is 74.3 cm³/mol. The van der Waals surface area contributed by atoms with Gasteiger partial charge in [-0.05, 0) is 24.3 Å². The Morgan fingerprint density at radius 1 is 1.15 bits per heavy atom. The minimum Gasteiger partial charge on any atom is -0.493 e. The maximum absolute atomic E-state index is 5.66. The third-order valence-electron chi connectivity index (χ3n) is 2.93. The largest absolute Gasteiger partial charge is 0.493 e. The molecule has 0 spiro atoms. The Kier molecular flexibility index (Phi) is 3.50. The third kappa shape index (κ3) is 2.71. The van der Waals surface area contributed by atoms with Crippen molar-refractivity contribution in [2.24, 2.45) is 7.05 Å². The summed E-state index contributed by atoms with van der Waals surface area (Å²) < 4.78 is 12.7. The molecule has 0 unspecified atom stereocenters. The van der Waals surface area contributed by atoms with Crippen LogP contribution in [0, 0.1) is 0 Å². The van der Waals surface area contributed by atoms with Gasteiger partial charge in [-0.15, -0.1) is 5.10 Å². The van der Waals surface area contributed by atoms with Crippen LogP contribution in [-0.4, -0.2) is 21.4 Å². The molecule has 0 radical (unpaired) electrons. The molecule has 0 bridgehead atoms. The molecule has 1 aromatic carbocycles. The van der Waals surface area contributed by atoms with E-state index in [1.165, 1.54) is 0 Å². The molecule has 0 N–H and O–H groups in total. The van der Waals surface area contributed by atoms with Crippen molar-refractivity contribution in [1.29, 1.82) is 0 Å². The Hall–Kier alpha value is -2.56. The predicted octanol–water partition coefficient (Wildman–Crippen LogP) is 2.70. The van der Waals surface area contributed by atoms with Crippen LogP contribution in [0.25, 0.3) is 11.6 Å². The van der Waals surface area contributed by atoms with Gasteiger partial charge in [-0.2, -0.15) is 0 Å². The van der Waals surface area contributed by atoms with Gasteiger partial charge < -0.3 is 9.15 Å². The van der Waals surface area contributed by atoms with E-state index in [4.69, 9.17) is 9.15 Å². The molecule has 3 rings (SSSR count). The van der Waals surface area contributed by atoms with Gasteiger partial charge >= 0.3 is 0 Å². The highest BCUT2D eigenvalue weighted by atomic mass is 16.5. The van der Waals surface area contributed by atoms with Gasteiger partial charge in [0.25, 0.3) is 0 Å². The molecule has 0 atom stereocenters. The van der Waals surface area contributed by atoms with Crippen LogP contribution < -0.4 is 4.74 Å². The second kappa shape index (κ2) is 5.61. The fraction of sp³-hybridized carbons (Fsp3) is 0.200. The van der Waals surface area contributed by atoms with E-state index in [1.54, 1.807) is 10.9 Å². The van der Waals surface area contributed by atoms with Crippen LogP contribution in [0.2, 0.25) is 0 Å². The first kappa shape index (κ1) is 12.5. The van der Waals surface area contributed by atoms with Crippen LogP contribution in [-0.2, 0) is 13.5 Å². The number of hydrogen-bond donors (Lipinski definition) is 0. The summed E-state index contributed by atoms with van der Waals surface area (Å²) in [5.41, 5.74) is 0. The molecule has 0 saturated heterocycles. The highest BCUT2D eigenvalue weighted by Crippen LogP contribution is 2.16. The first-order valence-corrected chi connectivity index (χ1v) is 6.44. The van der Waals surface area contributed by atoms with Crippen molar-refractivity contribution in [3.05, 3.63) is 54.6 Å². The van der Waals surface area contributed by atoms with Gasteiger partial charge in [0.05, 0.1) is 12.9 Å². The molecular formula is C15H15N3O2. The van der Waals surface area contributed by atoms with E-state index in [0.717, 1.165) is 11.6 Å². The number of para-hydroxylation sites is 1. The van der Waals surface area contributed by atoms with Gasteiger partial charge in [0.1, 0.15) is 11.6 Å². The van der Waals surface area contributed by atoms with E-state index in [2.05, 4.69) is 10.1 Å². The number of rotatable bonds is 5. The second-order valence-electron chi connectivity index (χ2n) is 4.36. The van der Waals surface area contributed by atoms with Crippen LogP contribution >= 0.6 is 0 Å². The van der Waals surface area contributed by atoms with Crippen molar-refractivity contribution in [1.82, 2.24) is 14.8 Å². The molecule has 0 saturated carbocycles. The van der Waals surface area contributed by atoms with Gasteiger partial charge in [-0.25, -0.2) is 4.98 Å². The highest BCUT2D eigenvalue weighted by molar-refractivity contribution is 5.45. The van der Waals surface area contributed by atoms with Crippen molar-refractivity contribution >= 4 is 0 Å². The first-order valence-electron chi connectivity index (χ1n) is 6.44. The molecular weight excluding hydrogens is 254 g/mol.